The molecule has 1 aliphatic rings. The summed E-state index contributed by atoms with van der Waals surface area (Å²) in [6, 6.07) is 3.93. The van der Waals surface area contributed by atoms with Gasteiger partial charge in [0.25, 0.3) is 0 Å². The zero-order valence-corrected chi connectivity index (χ0v) is 13.1. The number of ether oxygens (including phenoxy) is 2. The van der Waals surface area contributed by atoms with Crippen LogP contribution < -0.4 is 10.5 Å². The fraction of sp³-hybridized carbons (Fsp3) is 0.533. The van der Waals surface area contributed by atoms with Crippen LogP contribution in [0.15, 0.2) is 12.1 Å². The van der Waals surface area contributed by atoms with Gasteiger partial charge in [-0.1, -0.05) is 11.6 Å². The molecule has 0 aromatic heterocycles. The van der Waals surface area contributed by atoms with Crippen LogP contribution in [0, 0.1) is 5.41 Å². The minimum Gasteiger partial charge on any atom is -0.493 e. The number of fused-ring (bicyclic) bond motifs is 1. The summed E-state index contributed by atoms with van der Waals surface area (Å²) in [5.74, 6) is 1.16. The quantitative estimate of drug-likeness (QED) is 0.569. The smallest absolute Gasteiger partial charge is 0.127 e. The van der Waals surface area contributed by atoms with Crippen molar-refractivity contribution >= 4 is 17.4 Å². The van der Waals surface area contributed by atoms with Gasteiger partial charge in [0.15, 0.2) is 0 Å². The van der Waals surface area contributed by atoms with E-state index in [1.807, 2.05) is 12.1 Å². The summed E-state index contributed by atoms with van der Waals surface area (Å²) in [7, 11) is 1.68. The molecule has 3 N–H and O–H groups in total. The molecule has 5 nitrogen and oxygen atoms in total. The van der Waals surface area contributed by atoms with Gasteiger partial charge in [-0.05, 0) is 17.7 Å². The molecule has 2 rings (SSSR count). The van der Waals surface area contributed by atoms with Gasteiger partial charge in [0.05, 0.1) is 19.0 Å². The molecule has 0 spiro atoms. The third-order valence-electron chi connectivity index (χ3n) is 3.53. The number of nitrogens with two attached hydrogens (primary N) is 1. The number of hydrogen-bond donors (Lipinski definition) is 2. The van der Waals surface area contributed by atoms with Gasteiger partial charge in [0.1, 0.15) is 5.75 Å². The molecule has 0 atom stereocenters. The Bertz CT molecular complexity index is 508. The van der Waals surface area contributed by atoms with Gasteiger partial charge >= 0.3 is 0 Å². The Morgan fingerprint density at radius 1 is 1.48 bits per heavy atom. The van der Waals surface area contributed by atoms with Crippen molar-refractivity contribution in [1.82, 2.24) is 4.90 Å². The molecular formula is C15H22ClN3O2. The third-order valence-corrected chi connectivity index (χ3v) is 3.75. The van der Waals surface area contributed by atoms with Gasteiger partial charge in [0, 0.05) is 50.2 Å². The molecule has 0 fully saturated rings. The van der Waals surface area contributed by atoms with Crippen LogP contribution in [0.2, 0.25) is 5.02 Å². The average Bonchev–Trinajstić information content (AvgIpc) is 2.89. The summed E-state index contributed by atoms with van der Waals surface area (Å²) < 4.78 is 10.9. The first-order chi connectivity index (χ1) is 10.1. The lowest BCUT2D eigenvalue weighted by Gasteiger charge is -2.23. The Kier molecular flexibility index (Phi) is 5.85. The van der Waals surface area contributed by atoms with Crippen LogP contribution in [0.4, 0.5) is 0 Å². The van der Waals surface area contributed by atoms with E-state index in [-0.39, 0.29) is 5.84 Å². The predicted octanol–water partition coefficient (Wildman–Crippen LogP) is 2.05. The van der Waals surface area contributed by atoms with E-state index < -0.39 is 0 Å². The maximum Gasteiger partial charge on any atom is 0.127 e. The Morgan fingerprint density at radius 3 is 3.00 bits per heavy atom. The SMILES string of the molecule is COCCN(CCC(=N)N)Cc1cc(Cl)cc2c1OCC2. The topological polar surface area (TPSA) is 71.6 Å². The summed E-state index contributed by atoms with van der Waals surface area (Å²) in [5.41, 5.74) is 7.73. The molecule has 1 aromatic rings. The highest BCUT2D eigenvalue weighted by Gasteiger charge is 2.19. The van der Waals surface area contributed by atoms with Gasteiger partial charge in [-0.3, -0.25) is 10.3 Å². The van der Waals surface area contributed by atoms with E-state index >= 15 is 0 Å². The number of rotatable bonds is 8. The van der Waals surface area contributed by atoms with Gasteiger partial charge in [-0.15, -0.1) is 0 Å². The summed E-state index contributed by atoms with van der Waals surface area (Å²) in [4.78, 5) is 2.21. The summed E-state index contributed by atoms with van der Waals surface area (Å²) >= 11 is 6.19. The fourth-order valence-corrected chi connectivity index (χ4v) is 2.74. The molecule has 1 aliphatic heterocycles. The summed E-state index contributed by atoms with van der Waals surface area (Å²) in [5, 5.41) is 8.12. The van der Waals surface area contributed by atoms with Crippen LogP contribution in [0.1, 0.15) is 17.5 Å². The van der Waals surface area contributed by atoms with Gasteiger partial charge in [0.2, 0.25) is 0 Å². The zero-order chi connectivity index (χ0) is 15.2. The Morgan fingerprint density at radius 2 is 2.29 bits per heavy atom. The highest BCUT2D eigenvalue weighted by molar-refractivity contribution is 6.30. The third kappa shape index (κ3) is 4.59. The second-order valence-electron chi connectivity index (χ2n) is 5.20. The first-order valence-corrected chi connectivity index (χ1v) is 7.46. The van der Waals surface area contributed by atoms with Crippen LogP contribution in [0.25, 0.3) is 0 Å². The molecule has 1 heterocycles. The maximum atomic E-state index is 7.38. The number of methoxy groups -OCH3 is 1. The van der Waals surface area contributed by atoms with E-state index in [1.54, 1.807) is 7.11 Å². The molecular weight excluding hydrogens is 290 g/mol. The van der Waals surface area contributed by atoms with E-state index in [0.29, 0.717) is 19.6 Å². The Balaban J connectivity index is 2.10. The molecule has 0 aliphatic carbocycles. The molecule has 6 heteroatoms. The van der Waals surface area contributed by atoms with Crippen molar-refractivity contribution in [1.29, 1.82) is 5.41 Å². The second-order valence-corrected chi connectivity index (χ2v) is 5.63. The van der Waals surface area contributed by atoms with Crippen molar-refractivity contribution < 1.29 is 9.47 Å². The Labute approximate surface area is 130 Å². The van der Waals surface area contributed by atoms with Crippen LogP contribution in [-0.4, -0.2) is 44.1 Å². The van der Waals surface area contributed by atoms with E-state index in [1.165, 1.54) is 5.56 Å². The van der Waals surface area contributed by atoms with Crippen molar-refractivity contribution in [2.75, 3.05) is 33.4 Å². The average molecular weight is 312 g/mol. The molecule has 116 valence electrons. The molecule has 0 radical (unpaired) electrons. The number of halogens is 1. The minimum absolute atomic E-state index is 0.199. The molecule has 0 unspecified atom stereocenters. The molecule has 0 saturated heterocycles. The zero-order valence-electron chi connectivity index (χ0n) is 12.3. The van der Waals surface area contributed by atoms with Crippen molar-refractivity contribution in [3.05, 3.63) is 28.3 Å². The highest BCUT2D eigenvalue weighted by atomic mass is 35.5. The van der Waals surface area contributed by atoms with Crippen molar-refractivity contribution in [3.8, 4) is 5.75 Å². The lowest BCUT2D eigenvalue weighted by Crippen LogP contribution is -2.30. The fourth-order valence-electron chi connectivity index (χ4n) is 2.47. The first-order valence-electron chi connectivity index (χ1n) is 7.08. The molecule has 1 aromatic carbocycles. The Hall–Kier alpha value is -1.30. The highest BCUT2D eigenvalue weighted by Crippen LogP contribution is 2.33. The standard InChI is InChI=1S/C15H22ClN3O2/c1-20-7-5-19(4-2-14(17)18)10-12-9-13(16)8-11-3-6-21-15(11)12/h8-9H,2-7,10H2,1H3,(H3,17,18). The number of hydrogen-bond acceptors (Lipinski definition) is 4. The molecule has 0 bridgehead atoms. The van der Waals surface area contributed by atoms with Crippen LogP contribution in [0.3, 0.4) is 0 Å². The van der Waals surface area contributed by atoms with E-state index in [0.717, 1.165) is 42.4 Å². The minimum atomic E-state index is 0.199. The van der Waals surface area contributed by atoms with Crippen LogP contribution in [-0.2, 0) is 17.7 Å². The van der Waals surface area contributed by atoms with E-state index in [9.17, 15) is 0 Å². The van der Waals surface area contributed by atoms with Crippen LogP contribution >= 0.6 is 11.6 Å². The van der Waals surface area contributed by atoms with Gasteiger partial charge in [-0.25, -0.2) is 0 Å². The predicted molar refractivity (Wildman–Crippen MR) is 84.3 cm³/mol. The number of nitrogens with one attached hydrogen (secondary N) is 1. The lowest BCUT2D eigenvalue weighted by molar-refractivity contribution is 0.145. The van der Waals surface area contributed by atoms with Gasteiger partial charge < -0.3 is 15.2 Å². The summed E-state index contributed by atoms with van der Waals surface area (Å²) in [6.45, 7) is 3.58. The maximum absolute atomic E-state index is 7.38. The molecule has 0 amide bonds. The monoisotopic (exact) mass is 311 g/mol. The van der Waals surface area contributed by atoms with Gasteiger partial charge in [-0.2, -0.15) is 0 Å². The molecule has 0 saturated carbocycles. The van der Waals surface area contributed by atoms with Crippen molar-refractivity contribution in [3.63, 3.8) is 0 Å². The number of nitrogens with zero attached hydrogens (tertiary/aromatic N) is 1. The molecule has 21 heavy (non-hydrogen) atoms. The van der Waals surface area contributed by atoms with Crippen LogP contribution in [0.5, 0.6) is 5.75 Å². The van der Waals surface area contributed by atoms with Crippen molar-refractivity contribution in [2.24, 2.45) is 5.73 Å². The van der Waals surface area contributed by atoms with E-state index in [4.69, 9.17) is 32.2 Å². The van der Waals surface area contributed by atoms with E-state index in [2.05, 4.69) is 4.90 Å². The summed E-state index contributed by atoms with van der Waals surface area (Å²) in [6.07, 6.45) is 1.46. The largest absolute Gasteiger partial charge is 0.493 e. The number of benzene rings is 1. The second kappa shape index (κ2) is 7.64. The number of amidine groups is 1. The lowest BCUT2D eigenvalue weighted by atomic mass is 10.1. The van der Waals surface area contributed by atoms with Crippen molar-refractivity contribution in [2.45, 2.75) is 19.4 Å². The normalized spacial score (nSPS) is 13.3. The first kappa shape index (κ1) is 16.1.